The first-order valence-electron chi connectivity index (χ1n) is 9.15. The Kier molecular flexibility index (Phi) is 4.93. The van der Waals surface area contributed by atoms with Crippen LogP contribution in [0, 0.1) is 0 Å². The van der Waals surface area contributed by atoms with E-state index in [4.69, 9.17) is 0 Å². The van der Waals surface area contributed by atoms with Gasteiger partial charge in [-0.25, -0.2) is 0 Å². The van der Waals surface area contributed by atoms with E-state index in [1.54, 1.807) is 0 Å². The van der Waals surface area contributed by atoms with E-state index in [2.05, 4.69) is 56.6 Å². The molecule has 3 heterocycles. The van der Waals surface area contributed by atoms with Crippen LogP contribution < -0.4 is 0 Å². The predicted octanol–water partition coefficient (Wildman–Crippen LogP) is 3.08. The van der Waals surface area contributed by atoms with Crippen molar-refractivity contribution in [2.24, 2.45) is 0 Å². The lowest BCUT2D eigenvalue weighted by Crippen LogP contribution is -2.35. The van der Waals surface area contributed by atoms with Crippen LogP contribution in [0.2, 0.25) is 0 Å². The van der Waals surface area contributed by atoms with Crippen LogP contribution in [0.1, 0.15) is 35.7 Å². The molecule has 1 aliphatic heterocycles. The molecule has 0 atom stereocenters. The molecule has 1 saturated heterocycles. The Bertz CT molecular complexity index is 755. The molecule has 4 rings (SSSR count). The first kappa shape index (κ1) is 16.1. The second-order valence-corrected chi connectivity index (χ2v) is 6.87. The molecule has 1 aromatic carbocycles. The fourth-order valence-electron chi connectivity index (χ4n) is 3.62. The molecule has 1 N–H and O–H groups in total. The van der Waals surface area contributed by atoms with Crippen LogP contribution in [0.5, 0.6) is 0 Å². The summed E-state index contributed by atoms with van der Waals surface area (Å²) in [4.78, 5) is 2.54. The minimum atomic E-state index is 0.585. The minimum absolute atomic E-state index is 0.585. The number of H-pyrrole nitrogens is 1. The highest BCUT2D eigenvalue weighted by molar-refractivity contribution is 5.23. The number of likely N-dealkylation sites (tertiary alicyclic amines) is 1. The molecule has 1 fully saturated rings. The zero-order chi connectivity index (χ0) is 16.9. The average molecular weight is 335 g/mol. The van der Waals surface area contributed by atoms with Crippen LogP contribution in [0.15, 0.2) is 54.9 Å². The van der Waals surface area contributed by atoms with Crippen LogP contribution >= 0.6 is 0 Å². The molecular weight excluding hydrogens is 310 g/mol. The smallest absolute Gasteiger partial charge is 0.0656 e. The second-order valence-electron chi connectivity index (χ2n) is 6.87. The van der Waals surface area contributed by atoms with Gasteiger partial charge in [-0.2, -0.15) is 10.2 Å². The van der Waals surface area contributed by atoms with Crippen molar-refractivity contribution in [2.75, 3.05) is 19.6 Å². The summed E-state index contributed by atoms with van der Waals surface area (Å²) in [6, 6.07) is 14.8. The highest BCUT2D eigenvalue weighted by atomic mass is 15.3. The molecule has 0 bridgehead atoms. The average Bonchev–Trinajstić information content (AvgIpc) is 3.33. The van der Waals surface area contributed by atoms with E-state index in [1.165, 1.54) is 29.8 Å². The number of hydrogen-bond donors (Lipinski definition) is 1. The molecule has 0 unspecified atom stereocenters. The molecule has 0 saturated carbocycles. The predicted molar refractivity (Wildman–Crippen MR) is 98.5 cm³/mol. The van der Waals surface area contributed by atoms with Crippen molar-refractivity contribution in [1.82, 2.24) is 24.9 Å². The van der Waals surface area contributed by atoms with Gasteiger partial charge in [0.2, 0.25) is 0 Å². The van der Waals surface area contributed by atoms with Crippen LogP contribution in [-0.4, -0.2) is 44.5 Å². The van der Waals surface area contributed by atoms with Crippen molar-refractivity contribution in [1.29, 1.82) is 0 Å². The van der Waals surface area contributed by atoms with Crippen LogP contribution in [0.3, 0.4) is 0 Å². The Balaban J connectivity index is 1.28. The van der Waals surface area contributed by atoms with Crippen molar-refractivity contribution in [2.45, 2.75) is 31.7 Å². The lowest BCUT2D eigenvalue weighted by Gasteiger charge is -2.31. The van der Waals surface area contributed by atoms with E-state index in [0.29, 0.717) is 5.92 Å². The van der Waals surface area contributed by atoms with E-state index >= 15 is 0 Å². The fourth-order valence-corrected chi connectivity index (χ4v) is 3.62. The van der Waals surface area contributed by atoms with Crippen LogP contribution in [-0.2, 0) is 13.0 Å². The SMILES string of the molecule is c1ccc(Cc2cc(C3CCN(CCn4cccn4)CC3)n[nH]2)cc1. The van der Waals surface area contributed by atoms with Gasteiger partial charge in [0.05, 0.1) is 12.2 Å². The normalized spacial score (nSPS) is 16.3. The van der Waals surface area contributed by atoms with E-state index in [0.717, 1.165) is 32.6 Å². The molecule has 25 heavy (non-hydrogen) atoms. The van der Waals surface area contributed by atoms with Gasteiger partial charge in [0, 0.05) is 37.0 Å². The topological polar surface area (TPSA) is 49.7 Å². The third kappa shape index (κ3) is 4.17. The first-order valence-corrected chi connectivity index (χ1v) is 9.15. The van der Waals surface area contributed by atoms with Crippen molar-refractivity contribution in [3.63, 3.8) is 0 Å². The molecular formula is C20H25N5. The van der Waals surface area contributed by atoms with Gasteiger partial charge in [0.15, 0.2) is 0 Å². The number of nitrogens with zero attached hydrogens (tertiary/aromatic N) is 4. The maximum Gasteiger partial charge on any atom is 0.0656 e. The lowest BCUT2D eigenvalue weighted by molar-refractivity contribution is 0.201. The zero-order valence-corrected chi connectivity index (χ0v) is 14.5. The summed E-state index contributed by atoms with van der Waals surface area (Å²) < 4.78 is 2.01. The number of aromatic amines is 1. The molecule has 3 aromatic rings. The molecule has 130 valence electrons. The van der Waals surface area contributed by atoms with Crippen molar-refractivity contribution in [3.8, 4) is 0 Å². The number of piperidine rings is 1. The minimum Gasteiger partial charge on any atom is -0.301 e. The number of hydrogen-bond acceptors (Lipinski definition) is 3. The van der Waals surface area contributed by atoms with E-state index in [-0.39, 0.29) is 0 Å². The van der Waals surface area contributed by atoms with E-state index in [1.807, 2.05) is 23.1 Å². The standard InChI is InChI=1S/C20H25N5/c1-2-5-17(6-3-1)15-19-16-20(23-22-19)18-7-11-24(12-8-18)13-14-25-10-4-9-21-25/h1-6,9-10,16,18H,7-8,11-15H2,(H,22,23). The third-order valence-electron chi connectivity index (χ3n) is 5.10. The van der Waals surface area contributed by atoms with Crippen molar-refractivity contribution >= 4 is 0 Å². The molecule has 5 nitrogen and oxygen atoms in total. The van der Waals surface area contributed by atoms with Gasteiger partial charge in [-0.3, -0.25) is 9.78 Å². The van der Waals surface area contributed by atoms with Gasteiger partial charge in [0.1, 0.15) is 0 Å². The number of rotatable bonds is 6. The summed E-state index contributed by atoms with van der Waals surface area (Å²) in [7, 11) is 0. The number of benzene rings is 1. The third-order valence-corrected chi connectivity index (χ3v) is 5.10. The molecule has 0 aliphatic carbocycles. The highest BCUT2D eigenvalue weighted by Crippen LogP contribution is 2.27. The molecule has 0 amide bonds. The Labute approximate surface area is 148 Å². The van der Waals surface area contributed by atoms with Crippen LogP contribution in [0.4, 0.5) is 0 Å². The summed E-state index contributed by atoms with van der Waals surface area (Å²) in [5.74, 6) is 0.585. The van der Waals surface area contributed by atoms with Gasteiger partial charge >= 0.3 is 0 Å². The molecule has 1 aliphatic rings. The zero-order valence-electron chi connectivity index (χ0n) is 14.5. The van der Waals surface area contributed by atoms with Crippen LogP contribution in [0.25, 0.3) is 0 Å². The largest absolute Gasteiger partial charge is 0.301 e. The Morgan fingerprint density at radius 3 is 2.64 bits per heavy atom. The molecule has 0 spiro atoms. The molecule has 5 heteroatoms. The first-order chi connectivity index (χ1) is 12.4. The van der Waals surface area contributed by atoms with Crippen molar-refractivity contribution in [3.05, 3.63) is 71.8 Å². The second kappa shape index (κ2) is 7.66. The van der Waals surface area contributed by atoms with Crippen molar-refractivity contribution < 1.29 is 0 Å². The summed E-state index contributed by atoms with van der Waals surface area (Å²) in [6.45, 7) is 4.34. The number of nitrogens with one attached hydrogen (secondary N) is 1. The summed E-state index contributed by atoms with van der Waals surface area (Å²) in [6.07, 6.45) is 7.18. The Hall–Kier alpha value is -2.40. The van der Waals surface area contributed by atoms with Gasteiger partial charge < -0.3 is 4.90 Å². The van der Waals surface area contributed by atoms with E-state index in [9.17, 15) is 0 Å². The molecule has 0 radical (unpaired) electrons. The quantitative estimate of drug-likeness (QED) is 0.753. The van der Waals surface area contributed by atoms with Gasteiger partial charge in [-0.05, 0) is 43.6 Å². The summed E-state index contributed by atoms with van der Waals surface area (Å²) in [5, 5.41) is 12.1. The van der Waals surface area contributed by atoms with Gasteiger partial charge in [-0.15, -0.1) is 0 Å². The highest BCUT2D eigenvalue weighted by Gasteiger charge is 2.22. The van der Waals surface area contributed by atoms with Gasteiger partial charge in [0.25, 0.3) is 0 Å². The summed E-state index contributed by atoms with van der Waals surface area (Å²) >= 11 is 0. The number of aromatic nitrogens is 4. The van der Waals surface area contributed by atoms with Gasteiger partial charge in [-0.1, -0.05) is 30.3 Å². The van der Waals surface area contributed by atoms with E-state index < -0.39 is 0 Å². The monoisotopic (exact) mass is 335 g/mol. The Morgan fingerprint density at radius 1 is 1.04 bits per heavy atom. The maximum atomic E-state index is 4.59. The lowest BCUT2D eigenvalue weighted by atomic mass is 9.93. The molecule has 2 aromatic heterocycles. The maximum absolute atomic E-state index is 4.59. The Morgan fingerprint density at radius 2 is 1.88 bits per heavy atom. The summed E-state index contributed by atoms with van der Waals surface area (Å²) in [5.41, 5.74) is 3.77. The fraction of sp³-hybridized carbons (Fsp3) is 0.400.